The number of hydrogen-bond donors (Lipinski definition) is 2. The highest BCUT2D eigenvalue weighted by molar-refractivity contribution is 7.80. The van der Waals surface area contributed by atoms with Crippen LogP contribution in [-0.2, 0) is 0 Å². The largest absolute Gasteiger partial charge is 0.494 e. The molecule has 0 unspecified atom stereocenters. The van der Waals surface area contributed by atoms with Gasteiger partial charge in [0.1, 0.15) is 11.5 Å². The van der Waals surface area contributed by atoms with Gasteiger partial charge in [0.2, 0.25) is 0 Å². The van der Waals surface area contributed by atoms with E-state index in [1.54, 1.807) is 18.2 Å². The summed E-state index contributed by atoms with van der Waals surface area (Å²) in [5.74, 6) is 0.955. The Morgan fingerprint density at radius 2 is 1.76 bits per heavy atom. The molecule has 0 radical (unpaired) electrons. The number of hydrogen-bond acceptors (Lipinski definition) is 4. The molecule has 0 bridgehead atoms. The zero-order chi connectivity index (χ0) is 18.2. The number of nitrogens with one attached hydrogen (secondary N) is 2. The number of halogens is 1. The Morgan fingerprint density at radius 3 is 2.36 bits per heavy atom. The zero-order valence-electron chi connectivity index (χ0n) is 14.0. The van der Waals surface area contributed by atoms with E-state index in [9.17, 15) is 4.79 Å². The Hall–Kier alpha value is -2.31. The van der Waals surface area contributed by atoms with Crippen LogP contribution in [0.4, 0.5) is 5.69 Å². The summed E-state index contributed by atoms with van der Waals surface area (Å²) in [4.78, 5) is 12.2. The summed E-state index contributed by atoms with van der Waals surface area (Å²) < 4.78 is 10.7. The molecule has 1 amide bonds. The normalized spacial score (nSPS) is 10.0. The van der Waals surface area contributed by atoms with Gasteiger partial charge in [0, 0.05) is 11.3 Å². The summed E-state index contributed by atoms with van der Waals surface area (Å²) >= 11 is 11.3. The molecule has 0 fully saturated rings. The van der Waals surface area contributed by atoms with E-state index in [1.165, 1.54) is 0 Å². The standard InChI is InChI=1S/C18H19ClN2O3S/c1-3-23-14-8-6-13(7-9-14)20-18(25)21-17(22)12-5-10-16(24-4-2)15(19)11-12/h5-11H,3-4H2,1-2H3,(H2,20,21,22,25). The van der Waals surface area contributed by atoms with Gasteiger partial charge in [0.15, 0.2) is 5.11 Å². The first-order chi connectivity index (χ1) is 12.0. The fourth-order valence-electron chi connectivity index (χ4n) is 2.05. The first kappa shape index (κ1) is 19.0. The third kappa shape index (κ3) is 5.62. The van der Waals surface area contributed by atoms with Gasteiger partial charge in [-0.3, -0.25) is 10.1 Å². The number of ether oxygens (including phenoxy) is 2. The second-order valence-corrected chi connectivity index (χ2v) is 5.76. The van der Waals surface area contributed by atoms with Crippen LogP contribution in [0.2, 0.25) is 5.02 Å². The first-order valence-corrected chi connectivity index (χ1v) is 8.59. The van der Waals surface area contributed by atoms with Crippen molar-refractivity contribution in [3.05, 3.63) is 53.1 Å². The fraction of sp³-hybridized carbons (Fsp3) is 0.222. The van der Waals surface area contributed by atoms with Crippen molar-refractivity contribution in [2.24, 2.45) is 0 Å². The van der Waals surface area contributed by atoms with Gasteiger partial charge in [-0.15, -0.1) is 0 Å². The summed E-state index contributed by atoms with van der Waals surface area (Å²) in [6.45, 7) is 4.89. The van der Waals surface area contributed by atoms with E-state index >= 15 is 0 Å². The molecule has 0 heterocycles. The van der Waals surface area contributed by atoms with Gasteiger partial charge in [-0.2, -0.15) is 0 Å². The van der Waals surface area contributed by atoms with Gasteiger partial charge < -0.3 is 14.8 Å². The predicted octanol–water partition coefficient (Wildman–Crippen LogP) is 4.26. The summed E-state index contributed by atoms with van der Waals surface area (Å²) in [5.41, 5.74) is 1.14. The summed E-state index contributed by atoms with van der Waals surface area (Å²) in [6.07, 6.45) is 0. The minimum atomic E-state index is -0.353. The van der Waals surface area contributed by atoms with Crippen molar-refractivity contribution in [1.82, 2.24) is 5.32 Å². The van der Waals surface area contributed by atoms with E-state index in [1.807, 2.05) is 38.1 Å². The summed E-state index contributed by atoms with van der Waals surface area (Å²) in [7, 11) is 0. The Balaban J connectivity index is 1.95. The van der Waals surface area contributed by atoms with Crippen LogP contribution < -0.4 is 20.1 Å². The van der Waals surface area contributed by atoms with Crippen LogP contribution in [0.15, 0.2) is 42.5 Å². The fourth-order valence-corrected chi connectivity index (χ4v) is 2.50. The average Bonchev–Trinajstić information content (AvgIpc) is 2.58. The lowest BCUT2D eigenvalue weighted by atomic mass is 10.2. The molecule has 0 saturated heterocycles. The number of amides is 1. The third-order valence-electron chi connectivity index (χ3n) is 3.14. The van der Waals surface area contributed by atoms with Crippen LogP contribution in [0.1, 0.15) is 24.2 Å². The molecule has 7 heteroatoms. The van der Waals surface area contributed by atoms with Gasteiger partial charge in [-0.05, 0) is 68.5 Å². The van der Waals surface area contributed by atoms with Crippen molar-refractivity contribution in [3.63, 3.8) is 0 Å². The van der Waals surface area contributed by atoms with E-state index in [4.69, 9.17) is 33.3 Å². The van der Waals surface area contributed by atoms with E-state index in [0.717, 1.165) is 11.4 Å². The molecular weight excluding hydrogens is 360 g/mol. The topological polar surface area (TPSA) is 59.6 Å². The van der Waals surface area contributed by atoms with Gasteiger partial charge >= 0.3 is 0 Å². The summed E-state index contributed by atoms with van der Waals surface area (Å²) in [6, 6.07) is 12.1. The number of carbonyl (C=O) groups is 1. The Bertz CT molecular complexity index is 750. The van der Waals surface area contributed by atoms with Crippen LogP contribution in [0.5, 0.6) is 11.5 Å². The predicted molar refractivity (Wildman–Crippen MR) is 104 cm³/mol. The van der Waals surface area contributed by atoms with Gasteiger partial charge in [-0.25, -0.2) is 0 Å². The van der Waals surface area contributed by atoms with Gasteiger partial charge in [-0.1, -0.05) is 11.6 Å². The highest BCUT2D eigenvalue weighted by atomic mass is 35.5. The molecule has 0 aliphatic heterocycles. The van der Waals surface area contributed by atoms with Crippen molar-refractivity contribution in [1.29, 1.82) is 0 Å². The van der Waals surface area contributed by atoms with Crippen molar-refractivity contribution in [3.8, 4) is 11.5 Å². The SMILES string of the molecule is CCOc1ccc(NC(=S)NC(=O)c2ccc(OCC)c(Cl)c2)cc1. The lowest BCUT2D eigenvalue weighted by Gasteiger charge is -2.11. The lowest BCUT2D eigenvalue weighted by Crippen LogP contribution is -2.34. The van der Waals surface area contributed by atoms with Crippen LogP contribution in [0, 0.1) is 0 Å². The molecule has 0 spiro atoms. The van der Waals surface area contributed by atoms with E-state index < -0.39 is 0 Å². The molecular formula is C18H19ClN2O3S. The molecule has 2 rings (SSSR count). The number of rotatable bonds is 6. The first-order valence-electron chi connectivity index (χ1n) is 7.81. The molecule has 0 atom stereocenters. The molecule has 2 N–H and O–H groups in total. The molecule has 2 aromatic carbocycles. The Morgan fingerprint density at radius 1 is 1.08 bits per heavy atom. The number of thiocarbonyl (C=S) groups is 1. The minimum absolute atomic E-state index is 0.194. The summed E-state index contributed by atoms with van der Waals surface area (Å²) in [5, 5.41) is 6.13. The monoisotopic (exact) mass is 378 g/mol. The van der Waals surface area contributed by atoms with E-state index in [-0.39, 0.29) is 11.0 Å². The zero-order valence-corrected chi connectivity index (χ0v) is 15.5. The van der Waals surface area contributed by atoms with Crippen LogP contribution in [0.3, 0.4) is 0 Å². The van der Waals surface area contributed by atoms with E-state index in [2.05, 4.69) is 10.6 Å². The quantitative estimate of drug-likeness (QED) is 0.735. The molecule has 0 aliphatic rings. The lowest BCUT2D eigenvalue weighted by molar-refractivity contribution is 0.0977. The second kappa shape index (κ2) is 9.25. The molecule has 2 aromatic rings. The maximum Gasteiger partial charge on any atom is 0.257 e. The van der Waals surface area contributed by atoms with Crippen LogP contribution in [-0.4, -0.2) is 24.2 Å². The molecule has 132 valence electrons. The Kier molecular flexibility index (Phi) is 7.03. The minimum Gasteiger partial charge on any atom is -0.494 e. The third-order valence-corrected chi connectivity index (χ3v) is 3.64. The number of carbonyl (C=O) groups excluding carboxylic acids is 1. The maximum atomic E-state index is 12.2. The molecule has 0 aromatic heterocycles. The Labute approximate surface area is 157 Å². The highest BCUT2D eigenvalue weighted by Crippen LogP contribution is 2.25. The molecule has 0 saturated carbocycles. The van der Waals surface area contributed by atoms with Crippen molar-refractivity contribution >= 4 is 40.5 Å². The van der Waals surface area contributed by atoms with Crippen LogP contribution in [0.25, 0.3) is 0 Å². The van der Waals surface area contributed by atoms with Crippen LogP contribution >= 0.6 is 23.8 Å². The number of benzene rings is 2. The number of anilines is 1. The smallest absolute Gasteiger partial charge is 0.257 e. The maximum absolute atomic E-state index is 12.2. The van der Waals surface area contributed by atoms with Crippen molar-refractivity contribution in [2.75, 3.05) is 18.5 Å². The van der Waals surface area contributed by atoms with Gasteiger partial charge in [0.25, 0.3) is 5.91 Å². The van der Waals surface area contributed by atoms with Gasteiger partial charge in [0.05, 0.1) is 18.2 Å². The molecule has 0 aliphatic carbocycles. The van der Waals surface area contributed by atoms with Crippen molar-refractivity contribution in [2.45, 2.75) is 13.8 Å². The molecule has 5 nitrogen and oxygen atoms in total. The van der Waals surface area contributed by atoms with E-state index in [0.29, 0.717) is 29.5 Å². The highest BCUT2D eigenvalue weighted by Gasteiger charge is 2.11. The second-order valence-electron chi connectivity index (χ2n) is 4.94. The van der Waals surface area contributed by atoms with Crippen molar-refractivity contribution < 1.29 is 14.3 Å². The molecule has 25 heavy (non-hydrogen) atoms. The average molecular weight is 379 g/mol.